The minimum Gasteiger partial charge on any atom is -0.496 e. The molecular formula is C18H20ClNO2. The van der Waals surface area contributed by atoms with Crippen molar-refractivity contribution in [1.29, 1.82) is 0 Å². The lowest BCUT2D eigenvalue weighted by molar-refractivity contribution is -0.117. The Morgan fingerprint density at radius 1 is 1.09 bits per heavy atom. The van der Waals surface area contributed by atoms with Gasteiger partial charge in [-0.1, -0.05) is 48.0 Å². The highest BCUT2D eigenvalue weighted by molar-refractivity contribution is 6.32. The highest BCUT2D eigenvalue weighted by Gasteiger charge is 2.13. The number of methoxy groups -OCH3 is 1. The van der Waals surface area contributed by atoms with Crippen LogP contribution in [0.15, 0.2) is 42.5 Å². The van der Waals surface area contributed by atoms with Gasteiger partial charge in [-0.3, -0.25) is 4.79 Å². The van der Waals surface area contributed by atoms with E-state index in [1.54, 1.807) is 7.11 Å². The first kappa shape index (κ1) is 16.4. The third kappa shape index (κ3) is 4.25. The monoisotopic (exact) mass is 317 g/mol. The lowest BCUT2D eigenvalue weighted by Gasteiger charge is -2.14. The van der Waals surface area contributed by atoms with Crippen LogP contribution in [0.2, 0.25) is 5.02 Å². The van der Waals surface area contributed by atoms with Crippen molar-refractivity contribution in [3.8, 4) is 5.75 Å². The summed E-state index contributed by atoms with van der Waals surface area (Å²) in [5.74, 6) is 0.460. The smallest absolute Gasteiger partial charge is 0.217 e. The summed E-state index contributed by atoms with van der Waals surface area (Å²) in [5.41, 5.74) is 8.38. The van der Waals surface area contributed by atoms with Crippen molar-refractivity contribution in [3.05, 3.63) is 64.2 Å². The lowest BCUT2D eigenvalue weighted by Crippen LogP contribution is -2.11. The first-order valence-corrected chi connectivity index (χ1v) is 7.66. The average molecular weight is 318 g/mol. The van der Waals surface area contributed by atoms with Crippen molar-refractivity contribution in [2.24, 2.45) is 5.73 Å². The van der Waals surface area contributed by atoms with Gasteiger partial charge < -0.3 is 10.5 Å². The van der Waals surface area contributed by atoms with Crippen LogP contribution in [-0.2, 0) is 24.1 Å². The lowest BCUT2D eigenvalue weighted by atomic mass is 9.99. The molecule has 0 unspecified atom stereocenters. The number of primary amides is 1. The molecule has 0 radical (unpaired) electrons. The van der Waals surface area contributed by atoms with Gasteiger partial charge in [0.05, 0.1) is 12.1 Å². The zero-order valence-electron chi connectivity index (χ0n) is 12.6. The summed E-state index contributed by atoms with van der Waals surface area (Å²) in [4.78, 5) is 11.0. The number of halogens is 1. The molecule has 116 valence electrons. The second-order valence-corrected chi connectivity index (χ2v) is 5.55. The maximum atomic E-state index is 11.0. The van der Waals surface area contributed by atoms with Crippen molar-refractivity contribution in [2.45, 2.75) is 25.7 Å². The Labute approximate surface area is 136 Å². The Morgan fingerprint density at radius 2 is 1.82 bits per heavy atom. The Morgan fingerprint density at radius 3 is 2.45 bits per heavy atom. The van der Waals surface area contributed by atoms with Gasteiger partial charge >= 0.3 is 0 Å². The molecule has 0 heterocycles. The van der Waals surface area contributed by atoms with Gasteiger partial charge in [0, 0.05) is 12.0 Å². The number of nitrogens with two attached hydrogens (primary N) is 1. The molecule has 4 heteroatoms. The Balaban J connectivity index is 2.19. The Kier molecular flexibility index (Phi) is 5.84. The number of amides is 1. The molecule has 0 aromatic heterocycles. The zero-order valence-corrected chi connectivity index (χ0v) is 13.4. The molecule has 0 spiro atoms. The van der Waals surface area contributed by atoms with E-state index in [2.05, 4.69) is 12.1 Å². The number of hydrogen-bond donors (Lipinski definition) is 1. The van der Waals surface area contributed by atoms with Crippen LogP contribution in [0.1, 0.15) is 23.1 Å². The number of carbonyl (C=O) groups excluding carboxylic acids is 1. The zero-order chi connectivity index (χ0) is 15.9. The van der Waals surface area contributed by atoms with Gasteiger partial charge in [0.2, 0.25) is 5.91 Å². The largest absolute Gasteiger partial charge is 0.496 e. The molecule has 0 aliphatic carbocycles. The molecule has 1 amide bonds. The van der Waals surface area contributed by atoms with Crippen LogP contribution >= 0.6 is 11.6 Å². The molecule has 22 heavy (non-hydrogen) atoms. The van der Waals surface area contributed by atoms with E-state index in [0.717, 1.165) is 29.7 Å². The molecule has 2 N–H and O–H groups in total. The molecule has 0 saturated carbocycles. The topological polar surface area (TPSA) is 52.3 Å². The van der Waals surface area contributed by atoms with Gasteiger partial charge in [-0.2, -0.15) is 0 Å². The molecule has 0 saturated heterocycles. The number of hydrogen-bond acceptors (Lipinski definition) is 2. The molecular weight excluding hydrogens is 298 g/mol. The summed E-state index contributed by atoms with van der Waals surface area (Å²) in [7, 11) is 1.64. The average Bonchev–Trinajstić information content (AvgIpc) is 2.53. The first-order valence-electron chi connectivity index (χ1n) is 7.28. The molecule has 0 aliphatic rings. The fourth-order valence-electron chi connectivity index (χ4n) is 2.44. The van der Waals surface area contributed by atoms with E-state index in [-0.39, 0.29) is 5.91 Å². The van der Waals surface area contributed by atoms with Crippen LogP contribution in [0.5, 0.6) is 5.75 Å². The molecule has 0 atom stereocenters. The van der Waals surface area contributed by atoms with Crippen molar-refractivity contribution < 1.29 is 9.53 Å². The van der Waals surface area contributed by atoms with Crippen molar-refractivity contribution >= 4 is 17.5 Å². The molecule has 0 aliphatic heterocycles. The Hall–Kier alpha value is -2.00. The number of aryl methyl sites for hydroxylation is 2. The molecule has 0 fully saturated rings. The van der Waals surface area contributed by atoms with Crippen LogP contribution in [0.3, 0.4) is 0 Å². The summed E-state index contributed by atoms with van der Waals surface area (Å²) in [6.07, 6.45) is 2.52. The van der Waals surface area contributed by atoms with E-state index >= 15 is 0 Å². The second kappa shape index (κ2) is 7.85. The fourth-order valence-corrected chi connectivity index (χ4v) is 2.79. The first-order chi connectivity index (χ1) is 10.6. The van der Waals surface area contributed by atoms with Crippen LogP contribution in [0.4, 0.5) is 0 Å². The summed E-state index contributed by atoms with van der Waals surface area (Å²) in [6, 6.07) is 14.0. The van der Waals surface area contributed by atoms with E-state index in [0.29, 0.717) is 17.9 Å². The van der Waals surface area contributed by atoms with E-state index in [1.807, 2.05) is 30.3 Å². The highest BCUT2D eigenvalue weighted by atomic mass is 35.5. The van der Waals surface area contributed by atoms with E-state index in [1.165, 1.54) is 5.56 Å². The summed E-state index contributed by atoms with van der Waals surface area (Å²) in [6.45, 7) is 0. The number of rotatable bonds is 7. The van der Waals surface area contributed by atoms with Crippen LogP contribution in [0.25, 0.3) is 0 Å². The number of ether oxygens (including phenoxy) is 1. The van der Waals surface area contributed by atoms with Crippen LogP contribution < -0.4 is 10.5 Å². The van der Waals surface area contributed by atoms with Crippen molar-refractivity contribution in [3.63, 3.8) is 0 Å². The molecule has 2 rings (SSSR count). The van der Waals surface area contributed by atoms with E-state index in [9.17, 15) is 4.79 Å². The van der Waals surface area contributed by atoms with Crippen molar-refractivity contribution in [2.75, 3.05) is 7.11 Å². The van der Waals surface area contributed by atoms with E-state index in [4.69, 9.17) is 22.1 Å². The standard InChI is InChI=1S/C18H20ClNO2/c1-22-16-11-8-14(9-12-17(20)21)18(19)15(16)10-7-13-5-3-2-4-6-13/h2-6,8,11H,7,9-10,12H2,1H3,(H2,20,21). The third-order valence-corrected chi connectivity index (χ3v) is 4.12. The van der Waals surface area contributed by atoms with Gasteiger partial charge in [-0.25, -0.2) is 0 Å². The fraction of sp³-hybridized carbons (Fsp3) is 0.278. The predicted molar refractivity (Wildman–Crippen MR) is 89.4 cm³/mol. The summed E-state index contributed by atoms with van der Waals surface area (Å²) < 4.78 is 5.42. The minimum absolute atomic E-state index is 0.296. The van der Waals surface area contributed by atoms with Gasteiger partial charge in [0.15, 0.2) is 0 Å². The number of carbonyl (C=O) groups is 1. The van der Waals surface area contributed by atoms with Crippen LogP contribution in [-0.4, -0.2) is 13.0 Å². The molecule has 0 bridgehead atoms. The molecule has 2 aromatic rings. The van der Waals surface area contributed by atoms with Gasteiger partial charge in [-0.05, 0) is 36.5 Å². The Bertz CT molecular complexity index is 641. The molecule has 3 nitrogen and oxygen atoms in total. The quantitative estimate of drug-likeness (QED) is 0.849. The minimum atomic E-state index is -0.322. The van der Waals surface area contributed by atoms with Gasteiger partial charge in [-0.15, -0.1) is 0 Å². The number of benzene rings is 2. The van der Waals surface area contributed by atoms with Gasteiger partial charge in [0.25, 0.3) is 0 Å². The summed E-state index contributed by atoms with van der Waals surface area (Å²) >= 11 is 6.51. The maximum Gasteiger partial charge on any atom is 0.217 e. The summed E-state index contributed by atoms with van der Waals surface area (Å²) in [5, 5.41) is 0.677. The predicted octanol–water partition coefficient (Wildman–Crippen LogP) is 3.55. The van der Waals surface area contributed by atoms with Crippen LogP contribution in [0, 0.1) is 0 Å². The third-order valence-electron chi connectivity index (χ3n) is 3.65. The normalized spacial score (nSPS) is 10.5. The highest BCUT2D eigenvalue weighted by Crippen LogP contribution is 2.31. The SMILES string of the molecule is COc1ccc(CCC(N)=O)c(Cl)c1CCc1ccccc1. The maximum absolute atomic E-state index is 11.0. The van der Waals surface area contributed by atoms with E-state index < -0.39 is 0 Å². The van der Waals surface area contributed by atoms with Gasteiger partial charge in [0.1, 0.15) is 5.75 Å². The second-order valence-electron chi connectivity index (χ2n) is 5.17. The van der Waals surface area contributed by atoms with Crippen molar-refractivity contribution in [1.82, 2.24) is 0 Å². The molecule has 2 aromatic carbocycles.